The average Bonchev–Trinajstić information content (AvgIpc) is 3.32. The maximum absolute atomic E-state index is 12.8. The number of sulfonamides is 1. The molecule has 0 spiro atoms. The Labute approximate surface area is 177 Å². The van der Waals surface area contributed by atoms with Crippen LogP contribution in [0.4, 0.5) is 0 Å². The zero-order valence-corrected chi connectivity index (χ0v) is 17.9. The Balaban J connectivity index is 1.51. The molecule has 30 heavy (non-hydrogen) atoms. The highest BCUT2D eigenvalue weighted by Gasteiger charge is 2.27. The molecule has 0 unspecified atom stereocenters. The summed E-state index contributed by atoms with van der Waals surface area (Å²) in [5, 5.41) is 0. The fourth-order valence-electron chi connectivity index (χ4n) is 4.49. The number of aromatic nitrogens is 1. The molecule has 2 heterocycles. The number of benzene rings is 1. The van der Waals surface area contributed by atoms with Gasteiger partial charge in [0.25, 0.3) is 5.56 Å². The maximum atomic E-state index is 12.8. The van der Waals surface area contributed by atoms with Gasteiger partial charge in [-0.05, 0) is 43.2 Å². The van der Waals surface area contributed by atoms with Gasteiger partial charge in [0.1, 0.15) is 0 Å². The van der Waals surface area contributed by atoms with E-state index in [1.165, 1.54) is 64.9 Å². The first-order valence-corrected chi connectivity index (χ1v) is 12.2. The first kappa shape index (κ1) is 21.0. The van der Waals surface area contributed by atoms with Crippen molar-refractivity contribution in [2.75, 3.05) is 13.1 Å². The van der Waals surface area contributed by atoms with Gasteiger partial charge in [0.2, 0.25) is 10.0 Å². The molecule has 0 amide bonds. The molecule has 1 aliphatic carbocycles. The molecule has 1 aliphatic heterocycles. The molecule has 0 radical (unpaired) electrons. The van der Waals surface area contributed by atoms with Crippen molar-refractivity contribution in [2.24, 2.45) is 0 Å². The van der Waals surface area contributed by atoms with E-state index in [0.717, 1.165) is 12.8 Å². The third kappa shape index (κ3) is 4.42. The number of ketones is 1. The standard InChI is InChI=1S/C23H28N2O4S/c26-22(20-10-8-19(9-11-20)18-6-2-1-3-7-18)17-24-16-21(12-13-23(24)27)30(28,29)25-14-4-5-15-25/h8-13,16,18H,1-7,14-15,17H2. The lowest BCUT2D eigenvalue weighted by Gasteiger charge is -2.22. The molecule has 1 aromatic heterocycles. The second kappa shape index (κ2) is 8.86. The van der Waals surface area contributed by atoms with Crippen molar-refractivity contribution >= 4 is 15.8 Å². The lowest BCUT2D eigenvalue weighted by atomic mass is 9.84. The van der Waals surface area contributed by atoms with Crippen LogP contribution >= 0.6 is 0 Å². The first-order chi connectivity index (χ1) is 14.4. The molecule has 0 bridgehead atoms. The van der Waals surface area contributed by atoms with Crippen molar-refractivity contribution in [3.8, 4) is 0 Å². The smallest absolute Gasteiger partial charge is 0.251 e. The topological polar surface area (TPSA) is 76.5 Å². The number of carbonyl (C=O) groups is 1. The Morgan fingerprint density at radius 1 is 0.900 bits per heavy atom. The highest BCUT2D eigenvalue weighted by Crippen LogP contribution is 2.32. The second-order valence-electron chi connectivity index (χ2n) is 8.32. The van der Waals surface area contributed by atoms with Gasteiger partial charge in [-0.1, -0.05) is 43.5 Å². The summed E-state index contributed by atoms with van der Waals surface area (Å²) >= 11 is 0. The van der Waals surface area contributed by atoms with E-state index in [2.05, 4.69) is 0 Å². The van der Waals surface area contributed by atoms with Crippen molar-refractivity contribution in [1.82, 2.24) is 8.87 Å². The van der Waals surface area contributed by atoms with Gasteiger partial charge >= 0.3 is 0 Å². The van der Waals surface area contributed by atoms with E-state index in [4.69, 9.17) is 0 Å². The summed E-state index contributed by atoms with van der Waals surface area (Å²) in [6, 6.07) is 10.2. The molecular formula is C23H28N2O4S. The molecule has 2 fully saturated rings. The van der Waals surface area contributed by atoms with Crippen LogP contribution in [0.3, 0.4) is 0 Å². The quantitative estimate of drug-likeness (QED) is 0.659. The minimum atomic E-state index is -3.63. The zero-order valence-electron chi connectivity index (χ0n) is 17.1. The molecule has 1 aromatic carbocycles. The molecule has 160 valence electrons. The van der Waals surface area contributed by atoms with Crippen molar-refractivity contribution in [3.05, 3.63) is 64.1 Å². The van der Waals surface area contributed by atoms with Crippen molar-refractivity contribution in [1.29, 1.82) is 0 Å². The first-order valence-electron chi connectivity index (χ1n) is 10.8. The summed E-state index contributed by atoms with van der Waals surface area (Å²) in [7, 11) is -3.63. The average molecular weight is 429 g/mol. The summed E-state index contributed by atoms with van der Waals surface area (Å²) in [6.45, 7) is 0.812. The Hall–Kier alpha value is -2.25. The van der Waals surface area contributed by atoms with E-state index >= 15 is 0 Å². The number of carbonyl (C=O) groups excluding carboxylic acids is 1. The molecule has 2 aromatic rings. The van der Waals surface area contributed by atoms with Gasteiger partial charge in [0, 0.05) is 30.9 Å². The summed E-state index contributed by atoms with van der Waals surface area (Å²) in [6.07, 6.45) is 9.18. The number of hydrogen-bond donors (Lipinski definition) is 0. The maximum Gasteiger partial charge on any atom is 0.251 e. The Kier molecular flexibility index (Phi) is 6.20. The largest absolute Gasteiger partial charge is 0.306 e. The molecule has 2 aliphatic rings. The Morgan fingerprint density at radius 3 is 2.23 bits per heavy atom. The summed E-state index contributed by atoms with van der Waals surface area (Å²) in [5.74, 6) is 0.362. The van der Waals surface area contributed by atoms with E-state index in [9.17, 15) is 18.0 Å². The SMILES string of the molecule is O=C(Cn1cc(S(=O)(=O)N2CCCC2)ccc1=O)c1ccc(C2CCCCC2)cc1. The molecule has 1 saturated heterocycles. The molecule has 1 saturated carbocycles. The number of pyridine rings is 1. The summed E-state index contributed by atoms with van der Waals surface area (Å²) < 4.78 is 28.2. The van der Waals surface area contributed by atoms with Gasteiger partial charge in [0.05, 0.1) is 11.4 Å². The molecular weight excluding hydrogens is 400 g/mol. The van der Waals surface area contributed by atoms with Gasteiger partial charge in [0.15, 0.2) is 5.78 Å². The number of rotatable bonds is 6. The normalized spacial score (nSPS) is 18.5. The van der Waals surface area contributed by atoms with Gasteiger partial charge in [-0.15, -0.1) is 0 Å². The lowest BCUT2D eigenvalue weighted by molar-refractivity contribution is 0.0970. The highest BCUT2D eigenvalue weighted by atomic mass is 32.2. The van der Waals surface area contributed by atoms with Gasteiger partial charge in [-0.25, -0.2) is 8.42 Å². The molecule has 7 heteroatoms. The number of Topliss-reactive ketones (excluding diaryl/α,β-unsaturated/α-hetero) is 1. The van der Waals surface area contributed by atoms with Crippen LogP contribution in [-0.2, 0) is 16.6 Å². The third-order valence-electron chi connectivity index (χ3n) is 6.28. The van der Waals surface area contributed by atoms with E-state index in [1.807, 2.05) is 24.3 Å². The number of hydrogen-bond acceptors (Lipinski definition) is 4. The van der Waals surface area contributed by atoms with Crippen LogP contribution in [0, 0.1) is 0 Å². The minimum Gasteiger partial charge on any atom is -0.306 e. The summed E-state index contributed by atoms with van der Waals surface area (Å²) in [5.41, 5.74) is 1.42. The van der Waals surface area contributed by atoms with E-state index in [0.29, 0.717) is 24.6 Å². The molecule has 0 N–H and O–H groups in total. The van der Waals surface area contributed by atoms with E-state index in [1.54, 1.807) is 0 Å². The van der Waals surface area contributed by atoms with Gasteiger partial charge < -0.3 is 4.57 Å². The van der Waals surface area contributed by atoms with Crippen molar-refractivity contribution in [2.45, 2.75) is 62.3 Å². The fraction of sp³-hybridized carbons (Fsp3) is 0.478. The fourth-order valence-corrected chi connectivity index (χ4v) is 6.02. The van der Waals surface area contributed by atoms with Crippen molar-refractivity contribution in [3.63, 3.8) is 0 Å². The minimum absolute atomic E-state index is 0.0597. The molecule has 0 atom stereocenters. The molecule has 6 nitrogen and oxygen atoms in total. The highest BCUT2D eigenvalue weighted by molar-refractivity contribution is 7.89. The van der Waals surface area contributed by atoms with Crippen LogP contribution < -0.4 is 5.56 Å². The van der Waals surface area contributed by atoms with Crippen molar-refractivity contribution < 1.29 is 13.2 Å². The van der Waals surface area contributed by atoms with Crippen LogP contribution in [-0.4, -0.2) is 36.2 Å². The van der Waals surface area contributed by atoms with Gasteiger partial charge in [-0.2, -0.15) is 4.31 Å². The van der Waals surface area contributed by atoms with Crippen LogP contribution in [0.2, 0.25) is 0 Å². The van der Waals surface area contributed by atoms with Crippen LogP contribution in [0.5, 0.6) is 0 Å². The number of nitrogens with zero attached hydrogens (tertiary/aromatic N) is 2. The van der Waals surface area contributed by atoms with Gasteiger partial charge in [-0.3, -0.25) is 9.59 Å². The zero-order chi connectivity index (χ0) is 21.1. The van der Waals surface area contributed by atoms with E-state index < -0.39 is 10.0 Å². The van der Waals surface area contributed by atoms with Crippen LogP contribution in [0.15, 0.2) is 52.3 Å². The molecule has 4 rings (SSSR count). The second-order valence-corrected chi connectivity index (χ2v) is 10.3. The van der Waals surface area contributed by atoms with Crippen LogP contribution in [0.1, 0.15) is 66.8 Å². The summed E-state index contributed by atoms with van der Waals surface area (Å²) in [4.78, 5) is 25.1. The Morgan fingerprint density at radius 2 is 1.57 bits per heavy atom. The monoisotopic (exact) mass is 428 g/mol. The van der Waals surface area contributed by atoms with Crippen LogP contribution in [0.25, 0.3) is 0 Å². The lowest BCUT2D eigenvalue weighted by Crippen LogP contribution is -2.30. The van der Waals surface area contributed by atoms with E-state index in [-0.39, 0.29) is 22.8 Å². The predicted octanol–water partition coefficient (Wildman–Crippen LogP) is 3.56. The predicted molar refractivity (Wildman–Crippen MR) is 115 cm³/mol. The third-order valence-corrected chi connectivity index (χ3v) is 8.16. The Bertz CT molecular complexity index is 1060.